The van der Waals surface area contributed by atoms with Crippen LogP contribution in [0.3, 0.4) is 0 Å². The van der Waals surface area contributed by atoms with E-state index in [2.05, 4.69) is 15.2 Å². The van der Waals surface area contributed by atoms with Crippen molar-refractivity contribution in [3.63, 3.8) is 0 Å². The molecule has 1 saturated heterocycles. The number of allylic oxidation sites excluding steroid dienone is 1. The first-order valence-corrected chi connectivity index (χ1v) is 12.4. The molecule has 0 saturated carbocycles. The van der Waals surface area contributed by atoms with Crippen molar-refractivity contribution in [3.8, 4) is 0 Å². The number of carbonyl (C=O) groups is 2. The Balaban J connectivity index is 1.46. The van der Waals surface area contributed by atoms with Gasteiger partial charge >= 0.3 is 5.97 Å². The molecule has 166 valence electrons. The second kappa shape index (κ2) is 10.0. The summed E-state index contributed by atoms with van der Waals surface area (Å²) in [5.74, 6) is -0.404. The summed E-state index contributed by atoms with van der Waals surface area (Å²) < 4.78 is 5.06. The van der Waals surface area contributed by atoms with E-state index in [1.165, 1.54) is 38.1 Å². The number of ether oxygens (including phenoxy) is 1. The van der Waals surface area contributed by atoms with E-state index in [1.54, 1.807) is 11.3 Å². The summed E-state index contributed by atoms with van der Waals surface area (Å²) in [6.45, 7) is 5.62. The lowest BCUT2D eigenvalue weighted by molar-refractivity contribution is -0.136. The molecule has 7 nitrogen and oxygen atoms in total. The third kappa shape index (κ3) is 4.88. The number of thiophene rings is 1. The van der Waals surface area contributed by atoms with Crippen LogP contribution in [0.25, 0.3) is 0 Å². The molecule has 4 rings (SSSR count). The Kier molecular flexibility index (Phi) is 7.14. The van der Waals surface area contributed by atoms with Gasteiger partial charge in [-0.25, -0.2) is 9.79 Å². The monoisotopic (exact) mass is 460 g/mol. The molecule has 1 amide bonds. The van der Waals surface area contributed by atoms with Crippen LogP contribution in [0, 0.1) is 0 Å². The number of nitrogens with zero attached hydrogens (tertiary/aromatic N) is 3. The lowest BCUT2D eigenvalue weighted by atomic mass is 9.96. The maximum absolute atomic E-state index is 12.7. The van der Waals surface area contributed by atoms with Crippen LogP contribution in [-0.4, -0.2) is 60.1 Å². The number of amidine groups is 1. The van der Waals surface area contributed by atoms with Gasteiger partial charge < -0.3 is 19.9 Å². The molecule has 1 fully saturated rings. The molecule has 0 radical (unpaired) electrons. The zero-order chi connectivity index (χ0) is 21.8. The number of hydrogen-bond donors (Lipinski definition) is 1. The summed E-state index contributed by atoms with van der Waals surface area (Å²) in [4.78, 5) is 34.4. The number of aliphatic imine (C=N–C) groups is 1. The largest absolute Gasteiger partial charge is 0.466 e. The summed E-state index contributed by atoms with van der Waals surface area (Å²) in [6, 6.07) is 1.67. The third-order valence-electron chi connectivity index (χ3n) is 5.81. The lowest BCUT2D eigenvalue weighted by Gasteiger charge is -2.35. The third-order valence-corrected chi connectivity index (χ3v) is 7.40. The highest BCUT2D eigenvalue weighted by molar-refractivity contribution is 8.16. The normalized spacial score (nSPS) is 21.5. The number of thioether (sulfide) groups is 1. The van der Waals surface area contributed by atoms with Gasteiger partial charge in [0.2, 0.25) is 5.91 Å². The molecule has 0 spiro atoms. The second-order valence-electron chi connectivity index (χ2n) is 7.87. The zero-order valence-electron chi connectivity index (χ0n) is 17.9. The van der Waals surface area contributed by atoms with Crippen molar-refractivity contribution in [2.75, 3.05) is 33.3 Å². The first-order valence-electron chi connectivity index (χ1n) is 10.6. The van der Waals surface area contributed by atoms with Crippen molar-refractivity contribution in [2.24, 2.45) is 4.99 Å². The van der Waals surface area contributed by atoms with Gasteiger partial charge in [-0.05, 0) is 60.7 Å². The average molecular weight is 461 g/mol. The highest BCUT2D eigenvalue weighted by Gasteiger charge is 2.41. The van der Waals surface area contributed by atoms with Crippen LogP contribution in [0.2, 0.25) is 0 Å². The summed E-state index contributed by atoms with van der Waals surface area (Å²) in [7, 11) is 1.39. The summed E-state index contributed by atoms with van der Waals surface area (Å²) in [5, 5.41) is 9.84. The highest BCUT2D eigenvalue weighted by Crippen LogP contribution is 2.45. The summed E-state index contributed by atoms with van der Waals surface area (Å²) in [6.07, 6.45) is 4.05. The highest BCUT2D eigenvalue weighted by atomic mass is 32.2. The number of methoxy groups -OCH3 is 1. The Hall–Kier alpha value is -2.10. The molecule has 0 aliphatic carbocycles. The predicted molar refractivity (Wildman–Crippen MR) is 125 cm³/mol. The molecule has 9 heteroatoms. The minimum absolute atomic E-state index is 0.0138. The number of rotatable bonds is 7. The molecular formula is C22H28N4O3S2. The van der Waals surface area contributed by atoms with Crippen LogP contribution in [0.15, 0.2) is 44.2 Å². The maximum atomic E-state index is 12.7. The van der Waals surface area contributed by atoms with E-state index in [4.69, 9.17) is 4.74 Å². The number of nitrogens with one attached hydrogen (secondary N) is 1. The van der Waals surface area contributed by atoms with E-state index >= 15 is 0 Å². The number of amides is 1. The quantitative estimate of drug-likeness (QED) is 0.628. The van der Waals surface area contributed by atoms with Crippen LogP contribution < -0.4 is 5.32 Å². The number of piperidine rings is 1. The molecular weight excluding hydrogens is 432 g/mol. The molecule has 1 unspecified atom stereocenters. The molecule has 31 heavy (non-hydrogen) atoms. The van der Waals surface area contributed by atoms with Crippen molar-refractivity contribution in [2.45, 2.75) is 38.6 Å². The van der Waals surface area contributed by atoms with Gasteiger partial charge in [0.1, 0.15) is 0 Å². The van der Waals surface area contributed by atoms with Crippen molar-refractivity contribution in [1.82, 2.24) is 15.1 Å². The Morgan fingerprint density at radius 3 is 2.81 bits per heavy atom. The van der Waals surface area contributed by atoms with Gasteiger partial charge in [-0.15, -0.1) is 0 Å². The second-order valence-corrected chi connectivity index (χ2v) is 9.49. The van der Waals surface area contributed by atoms with Crippen molar-refractivity contribution in [3.05, 3.63) is 44.8 Å². The average Bonchev–Trinajstić information content (AvgIpc) is 3.44. The first-order chi connectivity index (χ1) is 15.1. The minimum Gasteiger partial charge on any atom is -0.466 e. The van der Waals surface area contributed by atoms with Gasteiger partial charge in [0.15, 0.2) is 5.17 Å². The fourth-order valence-electron chi connectivity index (χ4n) is 4.25. The molecule has 1 aromatic rings. The standard InChI is InChI=1S/C22H28N4O3S2/c1-15-19(21(28)29-2)20(16-6-11-30-13-16)26-17(14-31-22(26)24-15)12-18(27)23-7-10-25-8-4-3-5-9-25/h6,11,13-14,20H,3-5,7-10,12H2,1-2H3,(H,23,27). The van der Waals surface area contributed by atoms with Crippen LogP contribution in [-0.2, 0) is 14.3 Å². The molecule has 0 bridgehead atoms. The van der Waals surface area contributed by atoms with Crippen molar-refractivity contribution in [1.29, 1.82) is 0 Å². The van der Waals surface area contributed by atoms with E-state index in [9.17, 15) is 9.59 Å². The van der Waals surface area contributed by atoms with E-state index in [0.717, 1.165) is 36.1 Å². The fraction of sp³-hybridized carbons (Fsp3) is 0.500. The summed E-state index contributed by atoms with van der Waals surface area (Å²) in [5.41, 5.74) is 3.02. The van der Waals surface area contributed by atoms with Gasteiger partial charge in [-0.2, -0.15) is 11.3 Å². The molecule has 4 heterocycles. The van der Waals surface area contributed by atoms with Gasteiger partial charge in [-0.3, -0.25) is 4.79 Å². The molecule has 3 aliphatic heterocycles. The SMILES string of the molecule is COC(=O)C1=C(C)N=C2SC=C(CC(=O)NCCN3CCCCC3)N2C1c1ccsc1. The minimum atomic E-state index is -0.390. The van der Waals surface area contributed by atoms with Gasteiger partial charge in [0.05, 0.1) is 30.8 Å². The molecule has 1 atom stereocenters. The van der Waals surface area contributed by atoms with Crippen molar-refractivity contribution >= 4 is 40.1 Å². The molecule has 1 aromatic heterocycles. The maximum Gasteiger partial charge on any atom is 0.338 e. The number of hydrogen-bond acceptors (Lipinski definition) is 8. The molecule has 0 aromatic carbocycles. The van der Waals surface area contributed by atoms with E-state index in [0.29, 0.717) is 17.8 Å². The summed E-state index contributed by atoms with van der Waals surface area (Å²) >= 11 is 3.07. The Morgan fingerprint density at radius 2 is 2.10 bits per heavy atom. The van der Waals surface area contributed by atoms with Crippen LogP contribution in [0.4, 0.5) is 0 Å². The number of carbonyl (C=O) groups excluding carboxylic acids is 2. The Morgan fingerprint density at radius 1 is 1.29 bits per heavy atom. The predicted octanol–water partition coefficient (Wildman–Crippen LogP) is 3.49. The van der Waals surface area contributed by atoms with Crippen molar-refractivity contribution < 1.29 is 14.3 Å². The fourth-order valence-corrected chi connectivity index (χ4v) is 5.89. The lowest BCUT2D eigenvalue weighted by Crippen LogP contribution is -2.39. The Bertz CT molecular complexity index is 917. The van der Waals surface area contributed by atoms with E-state index < -0.39 is 5.97 Å². The van der Waals surface area contributed by atoms with Crippen LogP contribution in [0.5, 0.6) is 0 Å². The topological polar surface area (TPSA) is 74.2 Å². The van der Waals surface area contributed by atoms with E-state index in [-0.39, 0.29) is 18.4 Å². The van der Waals surface area contributed by atoms with Gasteiger partial charge in [0, 0.05) is 18.8 Å². The van der Waals surface area contributed by atoms with Crippen LogP contribution >= 0.6 is 23.1 Å². The smallest absolute Gasteiger partial charge is 0.338 e. The van der Waals surface area contributed by atoms with E-state index in [1.807, 2.05) is 34.1 Å². The number of fused-ring (bicyclic) bond motifs is 1. The Labute approximate surface area is 191 Å². The number of likely N-dealkylation sites (tertiary alicyclic amines) is 1. The van der Waals surface area contributed by atoms with Gasteiger partial charge in [0.25, 0.3) is 0 Å². The molecule has 3 aliphatic rings. The van der Waals surface area contributed by atoms with Crippen LogP contribution in [0.1, 0.15) is 44.2 Å². The van der Waals surface area contributed by atoms with Gasteiger partial charge in [-0.1, -0.05) is 18.2 Å². The number of esters is 1. The molecule has 1 N–H and O–H groups in total. The first kappa shape index (κ1) is 22.1. The zero-order valence-corrected chi connectivity index (χ0v) is 19.6.